The number of hydrogen-bond donors (Lipinski definition) is 1. The van der Waals surface area contributed by atoms with Crippen LogP contribution in [0.4, 0.5) is 5.95 Å². The van der Waals surface area contributed by atoms with Gasteiger partial charge in [0.25, 0.3) is 21.9 Å². The average molecular weight is 452 g/mol. The first-order valence-corrected chi connectivity index (χ1v) is 11.5. The fourth-order valence-corrected chi connectivity index (χ4v) is 4.26. The van der Waals surface area contributed by atoms with Gasteiger partial charge in [-0.15, -0.1) is 4.41 Å². The lowest BCUT2D eigenvalue weighted by atomic mass is 10.1. The quantitative estimate of drug-likeness (QED) is 0.451. The summed E-state index contributed by atoms with van der Waals surface area (Å²) in [6.07, 6.45) is 2.69. The molecule has 1 amide bonds. The Labute approximate surface area is 185 Å². The molecule has 0 aliphatic carbocycles. The van der Waals surface area contributed by atoms with Gasteiger partial charge in [-0.25, -0.2) is 18.4 Å². The molecule has 0 aliphatic rings. The lowest BCUT2D eigenvalue weighted by molar-refractivity contribution is 0.0800. The van der Waals surface area contributed by atoms with Crippen molar-refractivity contribution >= 4 is 32.9 Å². The molecule has 0 aliphatic heterocycles. The van der Waals surface area contributed by atoms with Gasteiger partial charge < -0.3 is 9.72 Å². The zero-order valence-electron chi connectivity index (χ0n) is 17.7. The molecule has 0 spiro atoms. The van der Waals surface area contributed by atoms with Crippen molar-refractivity contribution < 1.29 is 17.9 Å². The number of ether oxygens (including phenoxy) is 1. The summed E-state index contributed by atoms with van der Waals surface area (Å²) in [5.41, 5.74) is 2.04. The molecule has 0 atom stereocenters. The van der Waals surface area contributed by atoms with E-state index in [0.717, 1.165) is 26.6 Å². The minimum atomic E-state index is -3.97. The Morgan fingerprint density at radius 1 is 1.03 bits per heavy atom. The highest BCUT2D eigenvalue weighted by Gasteiger charge is 2.31. The van der Waals surface area contributed by atoms with Crippen LogP contribution in [0, 0.1) is 0 Å². The molecule has 9 nitrogen and oxygen atoms in total. The summed E-state index contributed by atoms with van der Waals surface area (Å²) in [7, 11) is -1.13. The zero-order valence-corrected chi connectivity index (χ0v) is 18.5. The average Bonchev–Trinajstić information content (AvgIpc) is 3.26. The lowest BCUT2D eigenvalue weighted by Crippen LogP contribution is -2.48. The van der Waals surface area contributed by atoms with Gasteiger partial charge in [0.1, 0.15) is 11.4 Å². The van der Waals surface area contributed by atoms with Gasteiger partial charge in [-0.2, -0.15) is 4.98 Å². The Kier molecular flexibility index (Phi) is 5.54. The van der Waals surface area contributed by atoms with Gasteiger partial charge in [0.2, 0.25) is 0 Å². The van der Waals surface area contributed by atoms with E-state index in [-0.39, 0.29) is 11.5 Å². The Morgan fingerprint density at radius 2 is 1.78 bits per heavy atom. The second-order valence-electron chi connectivity index (χ2n) is 7.04. The molecule has 0 radical (unpaired) electrons. The molecular weight excluding hydrogens is 430 g/mol. The van der Waals surface area contributed by atoms with Gasteiger partial charge in [0.05, 0.1) is 19.1 Å². The number of nitrogens with one attached hydrogen (secondary N) is 1. The van der Waals surface area contributed by atoms with E-state index < -0.39 is 15.9 Å². The number of aromatic nitrogens is 3. The third-order valence-corrected chi connectivity index (χ3v) is 5.86. The van der Waals surface area contributed by atoms with Crippen LogP contribution in [0.2, 0.25) is 0 Å². The number of carbonyl (C=O) groups excluding carboxylic acids is 1. The number of methoxy groups -OCH3 is 1. The molecule has 10 heteroatoms. The van der Waals surface area contributed by atoms with E-state index in [1.54, 1.807) is 24.4 Å². The van der Waals surface area contributed by atoms with Gasteiger partial charge >= 0.3 is 0 Å². The molecule has 0 bridgehead atoms. The largest absolute Gasteiger partial charge is 0.497 e. The van der Waals surface area contributed by atoms with Crippen LogP contribution in [-0.2, 0) is 10.0 Å². The van der Waals surface area contributed by atoms with Crippen molar-refractivity contribution in [2.75, 3.05) is 24.8 Å². The maximum atomic E-state index is 13.1. The monoisotopic (exact) mass is 451 g/mol. The minimum Gasteiger partial charge on any atom is -0.497 e. The number of anilines is 1. The second-order valence-corrected chi connectivity index (χ2v) is 8.86. The van der Waals surface area contributed by atoms with E-state index in [2.05, 4.69) is 15.0 Å². The highest BCUT2D eigenvalue weighted by atomic mass is 32.2. The molecule has 0 fully saturated rings. The maximum Gasteiger partial charge on any atom is 0.273 e. The molecule has 2 heterocycles. The Morgan fingerprint density at radius 3 is 2.47 bits per heavy atom. The van der Waals surface area contributed by atoms with Crippen LogP contribution in [0.3, 0.4) is 0 Å². The van der Waals surface area contributed by atoms with Crippen LogP contribution in [0.25, 0.3) is 22.3 Å². The number of fused-ring (bicyclic) bond motifs is 1. The van der Waals surface area contributed by atoms with Crippen molar-refractivity contribution in [3.63, 3.8) is 0 Å². The first-order valence-electron chi connectivity index (χ1n) is 9.62. The summed E-state index contributed by atoms with van der Waals surface area (Å²) in [5.74, 6) is -0.239. The van der Waals surface area contributed by atoms with Crippen molar-refractivity contribution in [3.8, 4) is 17.0 Å². The Hall–Kier alpha value is -3.92. The summed E-state index contributed by atoms with van der Waals surface area (Å²) in [4.78, 5) is 25.1. The standard InChI is InChI=1S/C22H21N5O4S/c1-26(21(28)16-10-7-11-17(14-16)31-2)27(32(3,29)30)22-24-19(15-8-5-4-6-9-15)18-12-13-23-20(18)25-22/h4-14H,1-3H3,(H,23,24,25). The highest BCUT2D eigenvalue weighted by Crippen LogP contribution is 2.29. The number of rotatable bonds is 6. The first-order chi connectivity index (χ1) is 15.3. The summed E-state index contributed by atoms with van der Waals surface area (Å²) in [6, 6.07) is 17.6. The molecule has 2 aromatic carbocycles. The van der Waals surface area contributed by atoms with E-state index in [4.69, 9.17) is 4.74 Å². The van der Waals surface area contributed by atoms with Gasteiger partial charge in [-0.05, 0) is 24.3 Å². The summed E-state index contributed by atoms with van der Waals surface area (Å²) < 4.78 is 31.5. The van der Waals surface area contributed by atoms with Crippen molar-refractivity contribution in [3.05, 3.63) is 72.4 Å². The van der Waals surface area contributed by atoms with Crippen LogP contribution < -0.4 is 9.15 Å². The van der Waals surface area contributed by atoms with Gasteiger partial charge in [0, 0.05) is 29.8 Å². The van der Waals surface area contributed by atoms with Crippen LogP contribution in [-0.4, -0.2) is 54.7 Å². The van der Waals surface area contributed by atoms with Crippen molar-refractivity contribution in [1.29, 1.82) is 0 Å². The molecule has 164 valence electrons. The number of hydrazine groups is 1. The lowest BCUT2D eigenvalue weighted by Gasteiger charge is -2.29. The minimum absolute atomic E-state index is 0.153. The van der Waals surface area contributed by atoms with E-state index in [1.807, 2.05) is 36.4 Å². The topological polar surface area (TPSA) is 108 Å². The van der Waals surface area contributed by atoms with Crippen molar-refractivity contribution in [2.45, 2.75) is 0 Å². The molecular formula is C22H21N5O4S. The van der Waals surface area contributed by atoms with E-state index in [0.29, 0.717) is 17.1 Å². The van der Waals surface area contributed by atoms with Crippen LogP contribution >= 0.6 is 0 Å². The number of carbonyl (C=O) groups is 1. The molecule has 0 unspecified atom stereocenters. The summed E-state index contributed by atoms with van der Waals surface area (Å²) in [6.45, 7) is 0. The molecule has 2 aromatic heterocycles. The molecule has 32 heavy (non-hydrogen) atoms. The summed E-state index contributed by atoms with van der Waals surface area (Å²) in [5, 5.41) is 1.71. The zero-order chi connectivity index (χ0) is 22.9. The SMILES string of the molecule is COc1cccc(C(=O)N(C)N(c2nc(-c3ccccc3)c3cc[nH]c3n2)S(C)(=O)=O)c1. The predicted molar refractivity (Wildman–Crippen MR) is 122 cm³/mol. The number of amides is 1. The third-order valence-electron chi connectivity index (χ3n) is 4.82. The third kappa shape index (κ3) is 4.00. The number of sulfonamides is 1. The van der Waals surface area contributed by atoms with Crippen LogP contribution in [0.15, 0.2) is 66.9 Å². The molecule has 0 saturated carbocycles. The smallest absolute Gasteiger partial charge is 0.273 e. The Balaban J connectivity index is 1.85. The maximum absolute atomic E-state index is 13.1. The van der Waals surface area contributed by atoms with E-state index >= 15 is 0 Å². The summed E-state index contributed by atoms with van der Waals surface area (Å²) >= 11 is 0. The number of nitrogens with zero attached hydrogens (tertiary/aromatic N) is 4. The second kappa shape index (κ2) is 8.31. The predicted octanol–water partition coefficient (Wildman–Crippen LogP) is 3.09. The number of aromatic amines is 1. The fourth-order valence-electron chi connectivity index (χ4n) is 3.36. The van der Waals surface area contributed by atoms with E-state index in [9.17, 15) is 13.2 Å². The normalized spacial score (nSPS) is 11.3. The first kappa shape index (κ1) is 21.3. The molecule has 4 aromatic rings. The van der Waals surface area contributed by atoms with Gasteiger partial charge in [-0.1, -0.05) is 36.4 Å². The van der Waals surface area contributed by atoms with Crippen molar-refractivity contribution in [2.24, 2.45) is 0 Å². The number of benzene rings is 2. The molecule has 0 saturated heterocycles. The molecule has 4 rings (SSSR count). The molecule has 1 N–H and O–H groups in total. The van der Waals surface area contributed by atoms with Gasteiger partial charge in [0.15, 0.2) is 0 Å². The number of hydrogen-bond acceptors (Lipinski definition) is 6. The van der Waals surface area contributed by atoms with Crippen molar-refractivity contribution in [1.82, 2.24) is 20.0 Å². The van der Waals surface area contributed by atoms with Gasteiger partial charge in [-0.3, -0.25) is 4.79 Å². The highest BCUT2D eigenvalue weighted by molar-refractivity contribution is 7.92. The van der Waals surface area contributed by atoms with Crippen LogP contribution in [0.5, 0.6) is 5.75 Å². The van der Waals surface area contributed by atoms with E-state index in [1.165, 1.54) is 20.2 Å². The Bertz CT molecular complexity index is 1390. The number of H-pyrrole nitrogens is 1. The van der Waals surface area contributed by atoms with Crippen LogP contribution in [0.1, 0.15) is 10.4 Å². The fraction of sp³-hybridized carbons (Fsp3) is 0.136.